The fourth-order valence-corrected chi connectivity index (χ4v) is 2.37. The van der Waals surface area contributed by atoms with Crippen LogP contribution in [-0.2, 0) is 4.74 Å². The summed E-state index contributed by atoms with van der Waals surface area (Å²) in [6.07, 6.45) is 0. The van der Waals surface area contributed by atoms with Crippen molar-refractivity contribution in [2.75, 3.05) is 7.11 Å². The van der Waals surface area contributed by atoms with Gasteiger partial charge >= 0.3 is 11.7 Å². The summed E-state index contributed by atoms with van der Waals surface area (Å²) >= 11 is 0. The molecule has 1 aliphatic rings. The first kappa shape index (κ1) is 12.3. The molecule has 102 valence electrons. The molecule has 1 aromatic carbocycles. The van der Waals surface area contributed by atoms with Crippen LogP contribution in [0, 0.1) is 0 Å². The number of ether oxygens (including phenoxy) is 1. The molecule has 1 aliphatic heterocycles. The van der Waals surface area contributed by atoms with Gasteiger partial charge in [0.15, 0.2) is 0 Å². The average molecular weight is 273 g/mol. The molecule has 7 nitrogen and oxygen atoms in total. The number of carbonyl (C=O) groups excluding carboxylic acids is 2. The van der Waals surface area contributed by atoms with Crippen molar-refractivity contribution in [2.45, 2.75) is 12.8 Å². The highest BCUT2D eigenvalue weighted by Gasteiger charge is 2.32. The van der Waals surface area contributed by atoms with Gasteiger partial charge in [0.2, 0.25) is 11.6 Å². The molecule has 20 heavy (non-hydrogen) atoms. The second kappa shape index (κ2) is 4.16. The van der Waals surface area contributed by atoms with Gasteiger partial charge in [-0.25, -0.2) is 19.3 Å². The number of hydrogen-bond donors (Lipinski definition) is 1. The Kier molecular flexibility index (Phi) is 2.56. The van der Waals surface area contributed by atoms with E-state index in [1.165, 1.54) is 17.7 Å². The number of methoxy groups -OCH3 is 1. The van der Waals surface area contributed by atoms with Gasteiger partial charge in [0, 0.05) is 5.92 Å². The van der Waals surface area contributed by atoms with E-state index >= 15 is 0 Å². The van der Waals surface area contributed by atoms with Gasteiger partial charge in [-0.3, -0.25) is 4.79 Å². The van der Waals surface area contributed by atoms with Crippen molar-refractivity contribution in [3.63, 3.8) is 0 Å². The molecule has 0 radical (unpaired) electrons. The number of H-pyrrole nitrogens is 1. The number of rotatable bonds is 1. The summed E-state index contributed by atoms with van der Waals surface area (Å²) in [6.45, 7) is 1.74. The van der Waals surface area contributed by atoms with Crippen LogP contribution in [0.25, 0.3) is 5.69 Å². The topological polar surface area (TPSA) is 94.1 Å². The third kappa shape index (κ3) is 1.52. The zero-order valence-electron chi connectivity index (χ0n) is 10.8. The van der Waals surface area contributed by atoms with Crippen LogP contribution in [0.15, 0.2) is 23.0 Å². The largest absolute Gasteiger partial charge is 0.465 e. The number of fused-ring (bicyclic) bond motifs is 3. The number of esters is 1. The lowest BCUT2D eigenvalue weighted by Crippen LogP contribution is -2.28. The monoisotopic (exact) mass is 273 g/mol. The van der Waals surface area contributed by atoms with Gasteiger partial charge in [-0.2, -0.15) is 0 Å². The molecule has 0 aliphatic carbocycles. The summed E-state index contributed by atoms with van der Waals surface area (Å²) in [5.41, 5.74) is 0.961. The number of benzene rings is 1. The fourth-order valence-electron chi connectivity index (χ4n) is 2.37. The second-order valence-corrected chi connectivity index (χ2v) is 4.54. The number of Topliss-reactive ketones (excluding diaryl/α,β-unsaturated/α-hetero) is 1. The minimum atomic E-state index is -0.511. The van der Waals surface area contributed by atoms with Gasteiger partial charge in [0.25, 0.3) is 0 Å². The third-order valence-corrected chi connectivity index (χ3v) is 3.44. The highest BCUT2D eigenvalue weighted by Crippen LogP contribution is 2.31. The van der Waals surface area contributed by atoms with Crippen molar-refractivity contribution in [1.29, 1.82) is 0 Å². The molecule has 1 aromatic heterocycles. The number of carbonyl (C=O) groups is 2. The van der Waals surface area contributed by atoms with Crippen molar-refractivity contribution in [1.82, 2.24) is 14.8 Å². The van der Waals surface area contributed by atoms with Gasteiger partial charge in [-0.1, -0.05) is 13.0 Å². The Bertz CT molecular complexity index is 787. The van der Waals surface area contributed by atoms with E-state index in [4.69, 9.17) is 0 Å². The van der Waals surface area contributed by atoms with Crippen LogP contribution in [0.2, 0.25) is 0 Å². The Labute approximate surface area is 113 Å². The van der Waals surface area contributed by atoms with Crippen molar-refractivity contribution in [3.05, 3.63) is 45.6 Å². The molecule has 2 aromatic rings. The Morgan fingerprint density at radius 2 is 2.15 bits per heavy atom. The van der Waals surface area contributed by atoms with Gasteiger partial charge in [-0.05, 0) is 17.7 Å². The molecule has 1 unspecified atom stereocenters. The summed E-state index contributed by atoms with van der Waals surface area (Å²) in [5.74, 6) is -1.10. The van der Waals surface area contributed by atoms with Crippen molar-refractivity contribution >= 4 is 11.8 Å². The lowest BCUT2D eigenvalue weighted by Gasteiger charge is -2.21. The van der Waals surface area contributed by atoms with E-state index in [1.54, 1.807) is 19.1 Å². The van der Waals surface area contributed by atoms with Crippen LogP contribution >= 0.6 is 0 Å². The molecular weight excluding hydrogens is 262 g/mol. The maximum Gasteiger partial charge on any atom is 0.348 e. The zero-order chi connectivity index (χ0) is 14.4. The van der Waals surface area contributed by atoms with E-state index in [2.05, 4.69) is 14.9 Å². The summed E-state index contributed by atoms with van der Waals surface area (Å²) < 4.78 is 5.84. The predicted octanol–water partition coefficient (Wildman–Crippen LogP) is 0.647. The molecule has 2 heterocycles. The Morgan fingerprint density at radius 1 is 1.40 bits per heavy atom. The maximum atomic E-state index is 12.1. The minimum Gasteiger partial charge on any atom is -0.465 e. The summed E-state index contributed by atoms with van der Waals surface area (Å²) in [5, 5.41) is 6.00. The van der Waals surface area contributed by atoms with Crippen molar-refractivity contribution in [3.8, 4) is 5.69 Å². The van der Waals surface area contributed by atoms with Crippen molar-refractivity contribution < 1.29 is 14.3 Å². The van der Waals surface area contributed by atoms with E-state index < -0.39 is 17.6 Å². The fraction of sp³-hybridized carbons (Fsp3) is 0.231. The first-order chi connectivity index (χ1) is 9.54. The quantitative estimate of drug-likeness (QED) is 0.770. The van der Waals surface area contributed by atoms with Crippen LogP contribution in [-0.4, -0.2) is 33.6 Å². The lowest BCUT2D eigenvalue weighted by molar-refractivity contribution is 0.0600. The zero-order valence-corrected chi connectivity index (χ0v) is 10.8. The smallest absolute Gasteiger partial charge is 0.348 e. The summed E-state index contributed by atoms with van der Waals surface area (Å²) in [4.78, 5) is 35.5. The molecule has 0 fully saturated rings. The first-order valence-electron chi connectivity index (χ1n) is 5.99. The molecule has 3 rings (SSSR count). The van der Waals surface area contributed by atoms with E-state index in [1.807, 2.05) is 0 Å². The van der Waals surface area contributed by atoms with Gasteiger partial charge in [0.05, 0.1) is 18.4 Å². The van der Waals surface area contributed by atoms with Crippen LogP contribution < -0.4 is 5.69 Å². The van der Waals surface area contributed by atoms with Gasteiger partial charge in [0.1, 0.15) is 0 Å². The van der Waals surface area contributed by atoms with Gasteiger partial charge in [-0.15, -0.1) is 5.10 Å². The number of aromatic nitrogens is 3. The Morgan fingerprint density at radius 3 is 2.85 bits per heavy atom. The number of aromatic amines is 1. The maximum absolute atomic E-state index is 12.1. The lowest BCUT2D eigenvalue weighted by atomic mass is 9.90. The molecule has 0 amide bonds. The Balaban J connectivity index is 2.30. The molecule has 1 atom stereocenters. The van der Waals surface area contributed by atoms with Gasteiger partial charge < -0.3 is 4.74 Å². The number of nitrogens with one attached hydrogen (secondary N) is 1. The first-order valence-corrected chi connectivity index (χ1v) is 5.99. The molecule has 0 saturated heterocycles. The van der Waals surface area contributed by atoms with Crippen LogP contribution in [0.4, 0.5) is 0 Å². The molecule has 1 N–H and O–H groups in total. The Hall–Kier alpha value is -2.70. The second-order valence-electron chi connectivity index (χ2n) is 4.54. The van der Waals surface area contributed by atoms with Crippen LogP contribution in [0.3, 0.4) is 0 Å². The van der Waals surface area contributed by atoms with Crippen molar-refractivity contribution in [2.24, 2.45) is 0 Å². The average Bonchev–Trinajstić information content (AvgIpc) is 2.85. The van der Waals surface area contributed by atoms with Crippen LogP contribution in [0.5, 0.6) is 0 Å². The summed E-state index contributed by atoms with van der Waals surface area (Å²) in [6, 6.07) is 4.77. The van der Waals surface area contributed by atoms with Crippen LogP contribution in [0.1, 0.15) is 39.4 Å². The normalized spacial score (nSPS) is 16.5. The predicted molar refractivity (Wildman–Crippen MR) is 68.3 cm³/mol. The van der Waals surface area contributed by atoms with E-state index in [9.17, 15) is 14.4 Å². The SMILES string of the molecule is COC(=O)c1ccc2c(c1)-n1c(n[nH]c1=O)C(=O)C2C. The third-order valence-electron chi connectivity index (χ3n) is 3.44. The molecule has 0 spiro atoms. The van der Waals surface area contributed by atoms with E-state index in [-0.39, 0.29) is 11.6 Å². The minimum absolute atomic E-state index is 0.0528. The number of ketones is 1. The van der Waals surface area contributed by atoms with E-state index in [0.717, 1.165) is 0 Å². The standard InChI is InChI=1S/C13H11N3O4/c1-6-8-4-3-7(12(18)20-2)5-9(8)16-11(10(6)17)14-15-13(16)19/h3-6H,1-2H3,(H,15,19). The molecule has 0 saturated carbocycles. The number of hydrogen-bond acceptors (Lipinski definition) is 5. The summed E-state index contributed by atoms with van der Waals surface area (Å²) in [7, 11) is 1.28. The molecule has 7 heteroatoms. The molecular formula is C13H11N3O4. The van der Waals surface area contributed by atoms with E-state index in [0.29, 0.717) is 16.8 Å². The highest BCUT2D eigenvalue weighted by atomic mass is 16.5. The number of nitrogens with zero attached hydrogens (tertiary/aromatic N) is 2. The molecule has 0 bridgehead atoms. The highest BCUT2D eigenvalue weighted by molar-refractivity contribution is 6.01.